The van der Waals surface area contributed by atoms with Crippen molar-refractivity contribution < 1.29 is 0 Å². The van der Waals surface area contributed by atoms with Gasteiger partial charge in [0.25, 0.3) is 0 Å². The van der Waals surface area contributed by atoms with E-state index >= 15 is 0 Å². The quantitative estimate of drug-likeness (QED) is 0.480. The minimum atomic E-state index is 0.661. The number of aryl methyl sites for hydroxylation is 1. The van der Waals surface area contributed by atoms with Crippen LogP contribution in [0.2, 0.25) is 0 Å². The second-order valence-corrected chi connectivity index (χ2v) is 6.35. The van der Waals surface area contributed by atoms with Gasteiger partial charge in [-0.1, -0.05) is 60.7 Å². The number of aromatic nitrogens is 2. The van der Waals surface area contributed by atoms with Crippen LogP contribution >= 0.6 is 0 Å². The Labute approximate surface area is 158 Å². The van der Waals surface area contributed by atoms with Crippen molar-refractivity contribution in [3.8, 4) is 39.8 Å². The Bertz CT molecular complexity index is 1120. The summed E-state index contributed by atoms with van der Waals surface area (Å²) < 4.78 is 0. The maximum absolute atomic E-state index is 8.97. The van der Waals surface area contributed by atoms with Gasteiger partial charge in [0, 0.05) is 16.8 Å². The third kappa shape index (κ3) is 3.61. The molecule has 3 heteroatoms. The van der Waals surface area contributed by atoms with Crippen molar-refractivity contribution in [1.82, 2.24) is 9.97 Å². The molecule has 128 valence electrons. The Balaban J connectivity index is 1.76. The topological polar surface area (TPSA) is 49.6 Å². The van der Waals surface area contributed by atoms with Crippen molar-refractivity contribution in [2.45, 2.75) is 6.92 Å². The van der Waals surface area contributed by atoms with Crippen molar-refractivity contribution >= 4 is 0 Å². The normalized spacial score (nSPS) is 10.4. The van der Waals surface area contributed by atoms with Crippen molar-refractivity contribution in [2.75, 3.05) is 0 Å². The van der Waals surface area contributed by atoms with Crippen LogP contribution in [0.3, 0.4) is 0 Å². The first kappa shape index (κ1) is 16.7. The van der Waals surface area contributed by atoms with Crippen LogP contribution in [0.5, 0.6) is 0 Å². The van der Waals surface area contributed by atoms with Gasteiger partial charge in [-0.3, -0.25) is 0 Å². The van der Waals surface area contributed by atoms with Gasteiger partial charge in [-0.2, -0.15) is 5.26 Å². The Morgan fingerprint density at radius 3 is 2.11 bits per heavy atom. The second-order valence-electron chi connectivity index (χ2n) is 6.35. The third-order valence-corrected chi connectivity index (χ3v) is 4.39. The van der Waals surface area contributed by atoms with Crippen LogP contribution in [0, 0.1) is 18.3 Å². The smallest absolute Gasteiger partial charge is 0.160 e. The van der Waals surface area contributed by atoms with Crippen molar-refractivity contribution in [3.05, 3.63) is 96.2 Å². The average molecular weight is 347 g/mol. The van der Waals surface area contributed by atoms with Crippen molar-refractivity contribution in [3.63, 3.8) is 0 Å². The van der Waals surface area contributed by atoms with Gasteiger partial charge in [0.2, 0.25) is 0 Å². The summed E-state index contributed by atoms with van der Waals surface area (Å²) in [5, 5.41) is 8.97. The van der Waals surface area contributed by atoms with E-state index in [-0.39, 0.29) is 0 Å². The summed E-state index contributed by atoms with van der Waals surface area (Å²) in [6, 6.07) is 30.1. The third-order valence-electron chi connectivity index (χ3n) is 4.39. The predicted octanol–water partition coefficient (Wildman–Crippen LogP) is 5.66. The molecule has 0 bridgehead atoms. The summed E-state index contributed by atoms with van der Waals surface area (Å²) in [5.74, 6) is 0.731. The summed E-state index contributed by atoms with van der Waals surface area (Å²) in [6.07, 6.45) is 0. The Hall–Kier alpha value is -3.77. The number of hydrogen-bond acceptors (Lipinski definition) is 3. The molecule has 0 saturated heterocycles. The molecular weight excluding hydrogens is 330 g/mol. The van der Waals surface area contributed by atoms with E-state index in [4.69, 9.17) is 10.2 Å². The highest BCUT2D eigenvalue weighted by Crippen LogP contribution is 2.27. The Kier molecular flexibility index (Phi) is 4.47. The van der Waals surface area contributed by atoms with Crippen LogP contribution in [-0.2, 0) is 0 Å². The zero-order valence-electron chi connectivity index (χ0n) is 14.9. The minimum Gasteiger partial charge on any atom is -0.233 e. The van der Waals surface area contributed by atoms with Gasteiger partial charge in [-0.25, -0.2) is 9.97 Å². The molecule has 0 aliphatic heterocycles. The SMILES string of the molecule is Cc1cc(-c2cccc(-c3ccc(C#N)cc3)c2)nc(-c2ccccc2)n1. The molecule has 0 N–H and O–H groups in total. The van der Waals surface area contributed by atoms with Gasteiger partial charge in [0.1, 0.15) is 0 Å². The highest BCUT2D eigenvalue weighted by atomic mass is 14.9. The van der Waals surface area contributed by atoms with Crippen molar-refractivity contribution in [2.24, 2.45) is 0 Å². The summed E-state index contributed by atoms with van der Waals surface area (Å²) in [4.78, 5) is 9.37. The number of benzene rings is 3. The Morgan fingerprint density at radius 2 is 1.37 bits per heavy atom. The predicted molar refractivity (Wildman–Crippen MR) is 108 cm³/mol. The molecule has 27 heavy (non-hydrogen) atoms. The van der Waals surface area contributed by atoms with E-state index in [1.807, 2.05) is 73.7 Å². The van der Waals surface area contributed by atoms with Crippen LogP contribution in [0.1, 0.15) is 11.3 Å². The molecule has 0 saturated carbocycles. The molecular formula is C24H17N3. The largest absolute Gasteiger partial charge is 0.233 e. The van der Waals surface area contributed by atoms with Gasteiger partial charge in [0.15, 0.2) is 5.82 Å². The molecule has 0 radical (unpaired) electrons. The van der Waals surface area contributed by atoms with Crippen LogP contribution in [0.25, 0.3) is 33.8 Å². The Morgan fingerprint density at radius 1 is 0.667 bits per heavy atom. The van der Waals surface area contributed by atoms with Gasteiger partial charge >= 0.3 is 0 Å². The average Bonchev–Trinajstić information content (AvgIpc) is 2.74. The molecule has 0 aliphatic carbocycles. The molecule has 0 fully saturated rings. The lowest BCUT2D eigenvalue weighted by Crippen LogP contribution is -1.95. The molecule has 3 nitrogen and oxygen atoms in total. The lowest BCUT2D eigenvalue weighted by Gasteiger charge is -2.09. The molecule has 3 aromatic carbocycles. The van der Waals surface area contributed by atoms with Crippen molar-refractivity contribution in [1.29, 1.82) is 5.26 Å². The van der Waals surface area contributed by atoms with Crippen LogP contribution in [0.15, 0.2) is 84.9 Å². The van der Waals surface area contributed by atoms with Crippen LogP contribution in [0.4, 0.5) is 0 Å². The summed E-state index contributed by atoms with van der Waals surface area (Å²) in [7, 11) is 0. The maximum atomic E-state index is 8.97. The molecule has 0 amide bonds. The number of nitriles is 1. The van der Waals surface area contributed by atoms with E-state index in [1.165, 1.54) is 0 Å². The fraction of sp³-hybridized carbons (Fsp3) is 0.0417. The van der Waals surface area contributed by atoms with Crippen LogP contribution in [-0.4, -0.2) is 9.97 Å². The lowest BCUT2D eigenvalue weighted by atomic mass is 10.0. The van der Waals surface area contributed by atoms with E-state index < -0.39 is 0 Å². The monoisotopic (exact) mass is 347 g/mol. The molecule has 1 heterocycles. The minimum absolute atomic E-state index is 0.661. The molecule has 4 rings (SSSR count). The summed E-state index contributed by atoms with van der Waals surface area (Å²) in [5.41, 5.74) is 6.71. The molecule has 4 aromatic rings. The maximum Gasteiger partial charge on any atom is 0.160 e. The first-order valence-electron chi connectivity index (χ1n) is 8.75. The van der Waals surface area contributed by atoms with E-state index in [0.29, 0.717) is 5.56 Å². The lowest BCUT2D eigenvalue weighted by molar-refractivity contribution is 1.11. The molecule has 0 atom stereocenters. The standard InChI is InChI=1S/C24H17N3/c1-17-14-23(27-24(26-17)20-6-3-2-4-7-20)22-9-5-8-21(15-22)19-12-10-18(16-25)11-13-19/h2-15H,1H3. The van der Waals surface area contributed by atoms with Gasteiger partial charge < -0.3 is 0 Å². The first-order valence-corrected chi connectivity index (χ1v) is 8.75. The molecule has 0 spiro atoms. The zero-order chi connectivity index (χ0) is 18.6. The number of hydrogen-bond donors (Lipinski definition) is 0. The molecule has 1 aromatic heterocycles. The summed E-state index contributed by atoms with van der Waals surface area (Å²) >= 11 is 0. The summed E-state index contributed by atoms with van der Waals surface area (Å²) in [6.45, 7) is 1.99. The fourth-order valence-electron chi connectivity index (χ4n) is 3.03. The highest BCUT2D eigenvalue weighted by molar-refractivity contribution is 5.72. The number of nitrogens with zero attached hydrogens (tertiary/aromatic N) is 3. The van der Waals surface area contributed by atoms with E-state index in [0.717, 1.165) is 39.5 Å². The van der Waals surface area contributed by atoms with E-state index in [9.17, 15) is 0 Å². The second kappa shape index (κ2) is 7.23. The highest BCUT2D eigenvalue weighted by Gasteiger charge is 2.08. The van der Waals surface area contributed by atoms with Gasteiger partial charge in [0.05, 0.1) is 17.3 Å². The first-order chi connectivity index (χ1) is 13.2. The van der Waals surface area contributed by atoms with E-state index in [2.05, 4.69) is 29.3 Å². The number of rotatable bonds is 3. The van der Waals surface area contributed by atoms with Crippen LogP contribution < -0.4 is 0 Å². The molecule has 0 unspecified atom stereocenters. The fourth-order valence-corrected chi connectivity index (χ4v) is 3.03. The molecule has 0 aliphatic rings. The van der Waals surface area contributed by atoms with Gasteiger partial charge in [-0.15, -0.1) is 0 Å². The van der Waals surface area contributed by atoms with E-state index in [1.54, 1.807) is 0 Å². The zero-order valence-corrected chi connectivity index (χ0v) is 14.9. The van der Waals surface area contributed by atoms with Gasteiger partial charge in [-0.05, 0) is 42.3 Å².